The third-order valence-corrected chi connectivity index (χ3v) is 5.32. The topological polar surface area (TPSA) is 17.8 Å². The van der Waals surface area contributed by atoms with E-state index >= 15 is 0 Å². The molecule has 0 unspecified atom stereocenters. The molecule has 1 heterocycles. The summed E-state index contributed by atoms with van der Waals surface area (Å²) in [6, 6.07) is 32.6. The fraction of sp³-hybridized carbons (Fsp3) is 0.0357. The van der Waals surface area contributed by atoms with E-state index in [1.807, 2.05) is 42.6 Å². The molecule has 5 aromatic rings. The van der Waals surface area contributed by atoms with E-state index in [1.54, 1.807) is 12.3 Å². The zero-order valence-electron chi connectivity index (χ0n) is 17.4. The Morgan fingerprint density at radius 1 is 0.812 bits per heavy atom. The summed E-state index contributed by atoms with van der Waals surface area (Å²) in [6.07, 6.45) is 3.73. The number of hydrogen-bond donors (Lipinski definition) is 0. The van der Waals surface area contributed by atoms with Crippen molar-refractivity contribution in [2.45, 2.75) is 6.92 Å². The van der Waals surface area contributed by atoms with Crippen molar-refractivity contribution in [2.75, 3.05) is 0 Å². The second kappa shape index (κ2) is 9.44. The maximum atomic E-state index is 13.5. The molecule has 1 aromatic heterocycles. The van der Waals surface area contributed by atoms with E-state index in [-0.39, 0.29) is 25.9 Å². The number of rotatable bonds is 4. The third-order valence-electron chi connectivity index (χ3n) is 5.32. The van der Waals surface area contributed by atoms with Crippen molar-refractivity contribution in [3.63, 3.8) is 0 Å². The van der Waals surface area contributed by atoms with Crippen LogP contribution in [0, 0.1) is 18.8 Å². The smallest absolute Gasteiger partial charge is 0.0603 e. The summed E-state index contributed by atoms with van der Waals surface area (Å²) in [6.45, 7) is 2.12. The minimum absolute atomic E-state index is 0. The van der Waals surface area contributed by atoms with E-state index in [9.17, 15) is 4.39 Å². The van der Waals surface area contributed by atoms with Crippen LogP contribution in [0.4, 0.5) is 4.39 Å². The van der Waals surface area contributed by atoms with Crippen LogP contribution in [0.25, 0.3) is 39.3 Å². The summed E-state index contributed by atoms with van der Waals surface area (Å²) in [5.41, 5.74) is 7.43. The van der Waals surface area contributed by atoms with Crippen LogP contribution in [-0.4, -0.2) is 9.55 Å². The van der Waals surface area contributed by atoms with Crippen molar-refractivity contribution in [3.05, 3.63) is 121 Å². The first-order valence-corrected chi connectivity index (χ1v) is 10.2. The zero-order chi connectivity index (χ0) is 21.2. The van der Waals surface area contributed by atoms with Gasteiger partial charge in [0.05, 0.1) is 11.5 Å². The Bertz CT molecular complexity index is 1270. The minimum atomic E-state index is -0.313. The van der Waals surface area contributed by atoms with Gasteiger partial charge in [0.2, 0.25) is 0 Å². The van der Waals surface area contributed by atoms with E-state index in [0.29, 0.717) is 0 Å². The molecular weight excluding hydrogens is 576 g/mol. The first-order chi connectivity index (χ1) is 15.2. The molecule has 4 aromatic carbocycles. The number of hydrogen-bond acceptors (Lipinski definition) is 1. The largest absolute Gasteiger partial charge is 0.339 e. The van der Waals surface area contributed by atoms with E-state index in [2.05, 4.69) is 58.9 Å². The van der Waals surface area contributed by atoms with Gasteiger partial charge in [-0.1, -0.05) is 60.7 Å². The van der Waals surface area contributed by atoms with E-state index in [0.717, 1.165) is 39.3 Å². The first-order valence-electron chi connectivity index (χ1n) is 10.2. The summed E-state index contributed by atoms with van der Waals surface area (Å²) in [5, 5.41) is 0. The summed E-state index contributed by atoms with van der Waals surface area (Å²) < 4.78 is 15.6. The molecule has 5 rings (SSSR count). The fourth-order valence-corrected chi connectivity index (χ4v) is 3.94. The number of aromatic nitrogens is 2. The molecule has 0 aliphatic heterocycles. The molecule has 0 N–H and O–H groups in total. The monoisotopic (exact) mass is 596 g/mol. The first kappa shape index (κ1) is 21.9. The number of imidazole rings is 1. The van der Waals surface area contributed by atoms with Crippen molar-refractivity contribution in [1.29, 1.82) is 0 Å². The molecule has 2 nitrogen and oxygen atoms in total. The van der Waals surface area contributed by atoms with Crippen LogP contribution < -0.4 is 0 Å². The molecule has 0 aliphatic rings. The van der Waals surface area contributed by atoms with Gasteiger partial charge in [-0.25, -0.2) is 0 Å². The van der Waals surface area contributed by atoms with Crippen LogP contribution in [-0.2, 0) is 20.1 Å². The molecule has 1 radical (unpaired) electrons. The molecule has 0 amide bonds. The van der Waals surface area contributed by atoms with E-state index < -0.39 is 0 Å². The molecular formula is C28H20FIrN2-. The van der Waals surface area contributed by atoms with Gasteiger partial charge < -0.3 is 4.57 Å². The van der Waals surface area contributed by atoms with Gasteiger partial charge in [-0.2, -0.15) is 0 Å². The van der Waals surface area contributed by atoms with Gasteiger partial charge in [-0.05, 0) is 35.7 Å². The van der Waals surface area contributed by atoms with Gasteiger partial charge in [-0.3, -0.25) is 9.37 Å². The number of nitrogens with zero attached hydrogens (tertiary/aromatic N) is 2. The molecule has 0 bridgehead atoms. The average molecular weight is 596 g/mol. The molecule has 4 heteroatoms. The molecule has 0 atom stereocenters. The van der Waals surface area contributed by atoms with Crippen LogP contribution in [0.5, 0.6) is 0 Å². The average Bonchev–Trinajstić information content (AvgIpc) is 3.29. The molecule has 0 aliphatic carbocycles. The van der Waals surface area contributed by atoms with Crippen LogP contribution in [0.15, 0.2) is 103 Å². The van der Waals surface area contributed by atoms with Gasteiger partial charge in [-0.15, -0.1) is 29.8 Å². The Morgan fingerprint density at radius 2 is 1.41 bits per heavy atom. The van der Waals surface area contributed by atoms with Crippen molar-refractivity contribution in [3.8, 4) is 39.3 Å². The van der Waals surface area contributed by atoms with Gasteiger partial charge in [0, 0.05) is 49.4 Å². The van der Waals surface area contributed by atoms with Crippen LogP contribution in [0.3, 0.4) is 0 Å². The number of benzene rings is 4. The maximum absolute atomic E-state index is 13.5. The zero-order valence-corrected chi connectivity index (χ0v) is 19.8. The second-order valence-electron chi connectivity index (χ2n) is 7.48. The minimum Gasteiger partial charge on any atom is -0.339 e. The number of halogens is 1. The van der Waals surface area contributed by atoms with Gasteiger partial charge in [0.15, 0.2) is 0 Å². The second-order valence-corrected chi connectivity index (χ2v) is 7.48. The molecule has 159 valence electrons. The Kier molecular flexibility index (Phi) is 6.45. The third kappa shape index (κ3) is 4.20. The molecule has 0 spiro atoms. The summed E-state index contributed by atoms with van der Waals surface area (Å²) in [7, 11) is 0. The Hall–Kier alpha value is -3.33. The van der Waals surface area contributed by atoms with Crippen LogP contribution in [0.2, 0.25) is 0 Å². The van der Waals surface area contributed by atoms with Gasteiger partial charge >= 0.3 is 0 Å². The van der Waals surface area contributed by atoms with Gasteiger partial charge in [0.25, 0.3) is 0 Å². The Labute approximate surface area is 200 Å². The van der Waals surface area contributed by atoms with Crippen molar-refractivity contribution in [2.24, 2.45) is 0 Å². The van der Waals surface area contributed by atoms with Gasteiger partial charge in [0.1, 0.15) is 0 Å². The van der Waals surface area contributed by atoms with Crippen LogP contribution in [0.1, 0.15) is 5.56 Å². The molecule has 32 heavy (non-hydrogen) atoms. The SMILES string of the molecule is Cc1cc(-c2ccccc2)c(-n2ccnc2-c2[c-]cc(F)cc2)c(-c2ccccc2)c1.[Ir]. The summed E-state index contributed by atoms with van der Waals surface area (Å²) in [4.78, 5) is 4.59. The predicted octanol–water partition coefficient (Wildman–Crippen LogP) is 7.12. The Morgan fingerprint density at radius 3 is 1.94 bits per heavy atom. The number of aryl methyl sites for hydroxylation is 1. The predicted molar refractivity (Wildman–Crippen MR) is 123 cm³/mol. The van der Waals surface area contributed by atoms with Crippen molar-refractivity contribution < 1.29 is 24.5 Å². The Balaban J connectivity index is 0.00000245. The van der Waals surface area contributed by atoms with Crippen LogP contribution >= 0.6 is 0 Å². The van der Waals surface area contributed by atoms with Crippen molar-refractivity contribution >= 4 is 0 Å². The summed E-state index contributed by atoms with van der Waals surface area (Å²) in [5.74, 6) is 0.408. The van der Waals surface area contributed by atoms with E-state index in [4.69, 9.17) is 0 Å². The van der Waals surface area contributed by atoms with E-state index in [1.165, 1.54) is 17.7 Å². The standard InChI is InChI=1S/C28H20FN2.Ir/c1-20-18-25(21-8-4-2-5-9-21)27(26(19-20)22-10-6-3-7-11-22)31-17-16-30-28(31)23-12-14-24(29)15-13-23;/h2-12,14-19H,1H3;/q-1;. The fourth-order valence-electron chi connectivity index (χ4n) is 3.94. The molecule has 0 fully saturated rings. The molecule has 0 saturated heterocycles. The summed E-state index contributed by atoms with van der Waals surface area (Å²) >= 11 is 0. The quantitative estimate of drug-likeness (QED) is 0.203. The molecule has 0 saturated carbocycles. The maximum Gasteiger partial charge on any atom is 0.0603 e. The normalized spacial score (nSPS) is 10.6. The van der Waals surface area contributed by atoms with Crippen molar-refractivity contribution in [1.82, 2.24) is 9.55 Å².